The summed E-state index contributed by atoms with van der Waals surface area (Å²) in [5.41, 5.74) is 1.14. The van der Waals surface area contributed by atoms with Gasteiger partial charge in [-0.05, 0) is 36.7 Å². The van der Waals surface area contributed by atoms with Gasteiger partial charge in [0.05, 0.1) is 37.9 Å². The average Bonchev–Trinajstić information content (AvgIpc) is 2.77. The van der Waals surface area contributed by atoms with E-state index in [0.717, 1.165) is 12.0 Å². The summed E-state index contributed by atoms with van der Waals surface area (Å²) >= 11 is 0. The van der Waals surface area contributed by atoms with Crippen LogP contribution in [0.3, 0.4) is 0 Å². The van der Waals surface area contributed by atoms with E-state index in [-0.39, 0.29) is 30.8 Å². The fraction of sp³-hybridized carbons (Fsp3) is 0.720. The Morgan fingerprint density at radius 1 is 0.903 bits per heavy atom. The highest BCUT2D eigenvalue weighted by molar-refractivity contribution is 5.72. The number of rotatable bonds is 15. The van der Waals surface area contributed by atoms with Crippen LogP contribution in [0.15, 0.2) is 30.3 Å². The van der Waals surface area contributed by atoms with Crippen LogP contribution in [-0.2, 0) is 30.3 Å². The molecule has 6 nitrogen and oxygen atoms in total. The minimum Gasteiger partial charge on any atom is -0.469 e. The number of carbonyl (C=O) groups is 1. The second kappa shape index (κ2) is 14.6. The zero-order valence-corrected chi connectivity index (χ0v) is 20.2. The molecule has 0 radical (unpaired) electrons. The van der Waals surface area contributed by atoms with E-state index in [1.807, 2.05) is 25.1 Å². The first-order valence-electron chi connectivity index (χ1n) is 11.2. The molecule has 0 saturated carbocycles. The van der Waals surface area contributed by atoms with E-state index in [0.29, 0.717) is 18.9 Å². The minimum atomic E-state index is -0.770. The van der Waals surface area contributed by atoms with Crippen LogP contribution in [-0.4, -0.2) is 50.4 Å². The van der Waals surface area contributed by atoms with Gasteiger partial charge in [-0.2, -0.15) is 0 Å². The molecule has 6 atom stereocenters. The molecule has 178 valence electrons. The van der Waals surface area contributed by atoms with Gasteiger partial charge in [0.2, 0.25) is 0 Å². The fourth-order valence-electron chi connectivity index (χ4n) is 3.85. The highest BCUT2D eigenvalue weighted by atomic mass is 16.7. The maximum atomic E-state index is 11.8. The molecule has 6 heteroatoms. The maximum absolute atomic E-state index is 11.8. The smallest absolute Gasteiger partial charge is 0.311 e. The first-order valence-corrected chi connectivity index (χ1v) is 11.2. The van der Waals surface area contributed by atoms with Gasteiger partial charge in [0.15, 0.2) is 0 Å². The van der Waals surface area contributed by atoms with Crippen LogP contribution in [0.1, 0.15) is 53.0 Å². The molecule has 1 aromatic rings. The first-order chi connectivity index (χ1) is 14.7. The number of esters is 1. The zero-order valence-electron chi connectivity index (χ0n) is 20.2. The molecule has 1 rings (SSSR count). The molecule has 0 aliphatic rings. The largest absolute Gasteiger partial charge is 0.469 e. The Balaban J connectivity index is 2.77. The third-order valence-electron chi connectivity index (χ3n) is 5.96. The molecule has 0 bridgehead atoms. The molecule has 0 spiro atoms. The van der Waals surface area contributed by atoms with Gasteiger partial charge in [0.1, 0.15) is 6.79 Å². The third-order valence-corrected chi connectivity index (χ3v) is 5.96. The van der Waals surface area contributed by atoms with Crippen LogP contribution in [0.4, 0.5) is 0 Å². The number of carbonyl (C=O) groups excluding carboxylic acids is 1. The number of aliphatic hydroxyl groups is 1. The van der Waals surface area contributed by atoms with Crippen molar-refractivity contribution in [3.63, 3.8) is 0 Å². The zero-order chi connectivity index (χ0) is 23.4. The number of benzene rings is 1. The second-order valence-electron chi connectivity index (χ2n) is 8.92. The molecule has 1 N–H and O–H groups in total. The molecule has 0 heterocycles. The quantitative estimate of drug-likeness (QED) is 0.322. The Labute approximate surface area is 188 Å². The lowest BCUT2D eigenvalue weighted by Gasteiger charge is -2.33. The molecule has 1 aromatic carbocycles. The molecule has 0 aromatic heterocycles. The van der Waals surface area contributed by atoms with Gasteiger partial charge in [-0.25, -0.2) is 0 Å². The highest BCUT2D eigenvalue weighted by Gasteiger charge is 2.32. The van der Waals surface area contributed by atoms with Gasteiger partial charge >= 0.3 is 5.97 Å². The second-order valence-corrected chi connectivity index (χ2v) is 8.92. The maximum Gasteiger partial charge on any atom is 0.311 e. The number of hydrogen-bond donors (Lipinski definition) is 1. The average molecular weight is 439 g/mol. The monoisotopic (exact) mass is 438 g/mol. The molecule has 0 fully saturated rings. The van der Waals surface area contributed by atoms with E-state index in [9.17, 15) is 9.90 Å². The molecule has 0 unspecified atom stereocenters. The van der Waals surface area contributed by atoms with Crippen molar-refractivity contribution in [2.75, 3.05) is 21.0 Å². The van der Waals surface area contributed by atoms with Gasteiger partial charge in [-0.15, -0.1) is 0 Å². The molecule has 31 heavy (non-hydrogen) atoms. The lowest BCUT2D eigenvalue weighted by atomic mass is 9.83. The van der Waals surface area contributed by atoms with Gasteiger partial charge in [0, 0.05) is 13.5 Å². The lowest BCUT2D eigenvalue weighted by molar-refractivity contribution is -0.150. The van der Waals surface area contributed by atoms with Gasteiger partial charge < -0.3 is 24.1 Å². The summed E-state index contributed by atoms with van der Waals surface area (Å²) in [6.07, 6.45) is 0.600. The molecule has 0 aliphatic carbocycles. The summed E-state index contributed by atoms with van der Waals surface area (Å²) in [5.74, 6) is -0.574. The molecular formula is C25H42O6. The SMILES string of the molecule is COCO[C@H](C[C@H](OCc1ccccc1)C(C)C)[C@H](C)C[C@H](C)[C@@H](O)[C@H](C)C(=O)OC. The van der Waals surface area contributed by atoms with Gasteiger partial charge in [-0.3, -0.25) is 4.79 Å². The summed E-state index contributed by atoms with van der Waals surface area (Å²) in [6, 6.07) is 10.1. The molecule has 0 aliphatic heterocycles. The Kier molecular flexibility index (Phi) is 13.0. The highest BCUT2D eigenvalue weighted by Crippen LogP contribution is 2.28. The van der Waals surface area contributed by atoms with E-state index in [1.54, 1.807) is 14.0 Å². The first kappa shape index (κ1) is 27.6. The Bertz CT molecular complexity index is 605. The Morgan fingerprint density at radius 2 is 1.55 bits per heavy atom. The number of aliphatic hydroxyl groups excluding tert-OH is 1. The third kappa shape index (κ3) is 9.69. The van der Waals surface area contributed by atoms with Crippen LogP contribution in [0.2, 0.25) is 0 Å². The van der Waals surface area contributed by atoms with Crippen molar-refractivity contribution in [1.29, 1.82) is 0 Å². The summed E-state index contributed by atoms with van der Waals surface area (Å²) in [6.45, 7) is 10.8. The van der Waals surface area contributed by atoms with E-state index in [4.69, 9.17) is 18.9 Å². The van der Waals surface area contributed by atoms with E-state index in [2.05, 4.69) is 32.9 Å². The Hall–Kier alpha value is -1.47. The van der Waals surface area contributed by atoms with Crippen molar-refractivity contribution in [1.82, 2.24) is 0 Å². The topological polar surface area (TPSA) is 74.2 Å². The predicted octanol–water partition coefficient (Wildman–Crippen LogP) is 4.44. The van der Waals surface area contributed by atoms with Crippen LogP contribution >= 0.6 is 0 Å². The van der Waals surface area contributed by atoms with Crippen molar-refractivity contribution in [3.8, 4) is 0 Å². The summed E-state index contributed by atoms with van der Waals surface area (Å²) in [4.78, 5) is 11.8. The summed E-state index contributed by atoms with van der Waals surface area (Å²) in [5, 5.41) is 10.6. The number of ether oxygens (including phenoxy) is 4. The van der Waals surface area contributed by atoms with Crippen LogP contribution in [0, 0.1) is 23.7 Å². The van der Waals surface area contributed by atoms with E-state index in [1.165, 1.54) is 7.11 Å². The van der Waals surface area contributed by atoms with Crippen LogP contribution in [0.25, 0.3) is 0 Å². The van der Waals surface area contributed by atoms with Crippen LogP contribution in [0.5, 0.6) is 0 Å². The van der Waals surface area contributed by atoms with Crippen molar-refractivity contribution in [2.45, 2.75) is 72.4 Å². The van der Waals surface area contributed by atoms with Crippen LogP contribution < -0.4 is 0 Å². The summed E-state index contributed by atoms with van der Waals surface area (Å²) in [7, 11) is 2.95. The molecule has 0 saturated heterocycles. The van der Waals surface area contributed by atoms with Gasteiger partial charge in [-0.1, -0.05) is 58.0 Å². The van der Waals surface area contributed by atoms with Crippen molar-refractivity contribution in [2.24, 2.45) is 23.7 Å². The van der Waals surface area contributed by atoms with E-state index < -0.39 is 18.0 Å². The number of methoxy groups -OCH3 is 2. The summed E-state index contributed by atoms with van der Waals surface area (Å²) < 4.78 is 22.2. The lowest BCUT2D eigenvalue weighted by Crippen LogP contribution is -2.36. The van der Waals surface area contributed by atoms with Crippen molar-refractivity contribution < 1.29 is 28.8 Å². The van der Waals surface area contributed by atoms with Gasteiger partial charge in [0.25, 0.3) is 0 Å². The predicted molar refractivity (Wildman–Crippen MR) is 121 cm³/mol. The molecular weight excluding hydrogens is 396 g/mol. The van der Waals surface area contributed by atoms with E-state index >= 15 is 0 Å². The normalized spacial score (nSPS) is 17.6. The fourth-order valence-corrected chi connectivity index (χ4v) is 3.85. The Morgan fingerprint density at radius 3 is 2.10 bits per heavy atom. The van der Waals surface area contributed by atoms with Crippen molar-refractivity contribution >= 4 is 5.97 Å². The number of hydrogen-bond acceptors (Lipinski definition) is 6. The minimum absolute atomic E-state index is 0.0266. The standard InChI is InChI=1S/C25H42O6/c1-17(2)22(30-15-21-11-9-8-10-12-21)14-23(31-16-28-6)18(3)13-19(4)24(26)20(5)25(27)29-7/h8-12,17-20,22-24,26H,13-16H2,1-7H3/t18-,19+,20+,22+,23-,24-/m1/s1. The molecule has 0 amide bonds. The van der Waals surface area contributed by atoms with Crippen molar-refractivity contribution in [3.05, 3.63) is 35.9 Å².